The SMILES string of the molecule is NC(N)=NCc1ccc(OCCF)c(C(F)(F)F)c1. The quantitative estimate of drug-likeness (QED) is 0.490. The number of guanidine groups is 1. The van der Waals surface area contributed by atoms with E-state index in [0.29, 0.717) is 0 Å². The van der Waals surface area contributed by atoms with Gasteiger partial charge in [0.1, 0.15) is 19.0 Å². The summed E-state index contributed by atoms with van der Waals surface area (Å²) in [5.74, 6) is -0.634. The molecule has 8 heteroatoms. The van der Waals surface area contributed by atoms with Crippen LogP contribution in [-0.4, -0.2) is 19.2 Å². The molecule has 0 spiro atoms. The third-order valence-electron chi connectivity index (χ3n) is 2.13. The standard InChI is InChI=1S/C11H13F4N3O/c12-3-4-19-9-2-1-7(6-18-10(16)17)5-8(9)11(13,14)15/h1-2,5H,3-4,6H2,(H4,16,17,18). The highest BCUT2D eigenvalue weighted by molar-refractivity contribution is 5.75. The van der Waals surface area contributed by atoms with Crippen LogP contribution in [0, 0.1) is 0 Å². The topological polar surface area (TPSA) is 73.6 Å². The molecule has 4 N–H and O–H groups in total. The fourth-order valence-electron chi connectivity index (χ4n) is 1.35. The van der Waals surface area contributed by atoms with Crippen LogP contribution in [0.1, 0.15) is 11.1 Å². The van der Waals surface area contributed by atoms with Crippen LogP contribution >= 0.6 is 0 Å². The van der Waals surface area contributed by atoms with E-state index in [1.165, 1.54) is 6.07 Å². The van der Waals surface area contributed by atoms with Crippen molar-refractivity contribution in [3.63, 3.8) is 0 Å². The zero-order valence-corrected chi connectivity index (χ0v) is 9.88. The largest absolute Gasteiger partial charge is 0.490 e. The van der Waals surface area contributed by atoms with Crippen LogP contribution in [-0.2, 0) is 12.7 Å². The van der Waals surface area contributed by atoms with E-state index in [1.54, 1.807) is 0 Å². The molecular formula is C11H13F4N3O. The first-order valence-corrected chi connectivity index (χ1v) is 5.29. The number of hydrogen-bond acceptors (Lipinski definition) is 2. The van der Waals surface area contributed by atoms with Crippen molar-refractivity contribution < 1.29 is 22.3 Å². The minimum Gasteiger partial charge on any atom is -0.490 e. The Morgan fingerprint density at radius 1 is 1.26 bits per heavy atom. The van der Waals surface area contributed by atoms with E-state index in [4.69, 9.17) is 16.2 Å². The van der Waals surface area contributed by atoms with Crippen molar-refractivity contribution >= 4 is 5.96 Å². The molecule has 0 saturated heterocycles. The number of aliphatic imine (C=N–C) groups is 1. The molecule has 0 bridgehead atoms. The van der Waals surface area contributed by atoms with E-state index in [1.807, 2.05) is 0 Å². The van der Waals surface area contributed by atoms with Crippen LogP contribution < -0.4 is 16.2 Å². The average molecular weight is 279 g/mol. The normalized spacial score (nSPS) is 11.2. The van der Waals surface area contributed by atoms with Crippen molar-refractivity contribution in [2.45, 2.75) is 12.7 Å². The van der Waals surface area contributed by atoms with Crippen molar-refractivity contribution in [2.24, 2.45) is 16.5 Å². The van der Waals surface area contributed by atoms with Crippen LogP contribution in [0.15, 0.2) is 23.2 Å². The van der Waals surface area contributed by atoms with Crippen molar-refractivity contribution in [2.75, 3.05) is 13.3 Å². The van der Waals surface area contributed by atoms with Crippen LogP contribution in [0.25, 0.3) is 0 Å². The van der Waals surface area contributed by atoms with Gasteiger partial charge in [-0.2, -0.15) is 13.2 Å². The predicted molar refractivity (Wildman–Crippen MR) is 62.4 cm³/mol. The lowest BCUT2D eigenvalue weighted by Crippen LogP contribution is -2.22. The lowest BCUT2D eigenvalue weighted by molar-refractivity contribution is -0.139. The summed E-state index contributed by atoms with van der Waals surface area (Å²) in [5, 5.41) is 0. The Morgan fingerprint density at radius 2 is 1.95 bits per heavy atom. The van der Waals surface area contributed by atoms with Gasteiger partial charge in [0, 0.05) is 0 Å². The highest BCUT2D eigenvalue weighted by Gasteiger charge is 2.34. The van der Waals surface area contributed by atoms with Gasteiger partial charge in [0.2, 0.25) is 0 Å². The van der Waals surface area contributed by atoms with Gasteiger partial charge in [0.25, 0.3) is 0 Å². The summed E-state index contributed by atoms with van der Waals surface area (Å²) >= 11 is 0. The number of ether oxygens (including phenoxy) is 1. The van der Waals surface area contributed by atoms with E-state index in [9.17, 15) is 17.6 Å². The van der Waals surface area contributed by atoms with Crippen LogP contribution in [0.4, 0.5) is 17.6 Å². The molecule has 19 heavy (non-hydrogen) atoms. The molecule has 0 fully saturated rings. The Bertz CT molecular complexity index is 456. The van der Waals surface area contributed by atoms with Crippen LogP contribution in [0.3, 0.4) is 0 Å². The molecule has 0 aliphatic carbocycles. The molecule has 0 atom stereocenters. The molecule has 0 amide bonds. The smallest absolute Gasteiger partial charge is 0.419 e. The number of rotatable bonds is 5. The molecule has 106 valence electrons. The number of nitrogens with zero attached hydrogens (tertiary/aromatic N) is 1. The Balaban J connectivity index is 3.05. The summed E-state index contributed by atoms with van der Waals surface area (Å²) in [4.78, 5) is 3.61. The molecule has 0 aliphatic rings. The molecule has 0 aromatic heterocycles. The van der Waals surface area contributed by atoms with Crippen molar-refractivity contribution in [3.05, 3.63) is 29.3 Å². The van der Waals surface area contributed by atoms with Crippen molar-refractivity contribution in [1.82, 2.24) is 0 Å². The number of hydrogen-bond donors (Lipinski definition) is 2. The first kappa shape index (κ1) is 15.1. The van der Waals surface area contributed by atoms with Gasteiger partial charge in [-0.3, -0.25) is 0 Å². The Kier molecular flexibility index (Phi) is 4.96. The average Bonchev–Trinajstić information content (AvgIpc) is 2.33. The predicted octanol–water partition coefficient (Wildman–Crippen LogP) is 1.83. The molecule has 0 aliphatic heterocycles. The molecule has 4 nitrogen and oxygen atoms in total. The van der Waals surface area contributed by atoms with E-state index >= 15 is 0 Å². The summed E-state index contributed by atoms with van der Waals surface area (Å²) < 4.78 is 55.0. The second kappa shape index (κ2) is 6.26. The lowest BCUT2D eigenvalue weighted by atomic mass is 10.1. The van der Waals surface area contributed by atoms with Crippen molar-refractivity contribution in [1.29, 1.82) is 0 Å². The number of halogens is 4. The third-order valence-corrected chi connectivity index (χ3v) is 2.13. The highest BCUT2D eigenvalue weighted by Crippen LogP contribution is 2.36. The Labute approximate surface area is 107 Å². The van der Waals surface area contributed by atoms with Gasteiger partial charge in [-0.15, -0.1) is 0 Å². The second-order valence-corrected chi connectivity index (χ2v) is 3.61. The van der Waals surface area contributed by atoms with E-state index < -0.39 is 30.8 Å². The van der Waals surface area contributed by atoms with Gasteiger partial charge in [-0.1, -0.05) is 6.07 Å². The maximum absolute atomic E-state index is 12.8. The highest BCUT2D eigenvalue weighted by atomic mass is 19.4. The maximum Gasteiger partial charge on any atom is 0.419 e. The zero-order chi connectivity index (χ0) is 14.5. The minimum atomic E-state index is -4.60. The molecule has 1 rings (SSSR count). The Morgan fingerprint density at radius 3 is 2.47 bits per heavy atom. The van der Waals surface area contributed by atoms with Gasteiger partial charge in [0.05, 0.1) is 12.1 Å². The first-order chi connectivity index (χ1) is 8.84. The van der Waals surface area contributed by atoms with Gasteiger partial charge in [0.15, 0.2) is 5.96 Å². The van der Waals surface area contributed by atoms with E-state index in [-0.39, 0.29) is 18.1 Å². The number of benzene rings is 1. The maximum atomic E-state index is 12.8. The van der Waals surface area contributed by atoms with Crippen LogP contribution in [0.5, 0.6) is 5.75 Å². The molecule has 0 saturated carbocycles. The fourth-order valence-corrected chi connectivity index (χ4v) is 1.35. The minimum absolute atomic E-state index is 0.0746. The summed E-state index contributed by atoms with van der Waals surface area (Å²) in [6.45, 7) is -1.38. The van der Waals surface area contributed by atoms with Crippen LogP contribution in [0.2, 0.25) is 0 Å². The lowest BCUT2D eigenvalue weighted by Gasteiger charge is -2.14. The summed E-state index contributed by atoms with van der Waals surface area (Å²) in [5.41, 5.74) is 9.49. The summed E-state index contributed by atoms with van der Waals surface area (Å²) in [6, 6.07) is 3.38. The zero-order valence-electron chi connectivity index (χ0n) is 9.88. The fraction of sp³-hybridized carbons (Fsp3) is 0.364. The first-order valence-electron chi connectivity index (χ1n) is 5.29. The molecule has 1 aromatic carbocycles. The number of nitrogens with two attached hydrogens (primary N) is 2. The van der Waals surface area contributed by atoms with Gasteiger partial charge in [-0.25, -0.2) is 9.38 Å². The monoisotopic (exact) mass is 279 g/mol. The van der Waals surface area contributed by atoms with Gasteiger partial charge in [-0.05, 0) is 17.7 Å². The number of alkyl halides is 4. The van der Waals surface area contributed by atoms with Gasteiger partial charge < -0.3 is 16.2 Å². The third kappa shape index (κ3) is 4.65. The molecule has 0 unspecified atom stereocenters. The van der Waals surface area contributed by atoms with Crippen molar-refractivity contribution in [3.8, 4) is 5.75 Å². The summed E-state index contributed by atoms with van der Waals surface area (Å²) in [6.07, 6.45) is -4.60. The second-order valence-electron chi connectivity index (χ2n) is 3.61. The Hall–Kier alpha value is -1.99. The molecule has 1 aromatic rings. The summed E-state index contributed by atoms with van der Waals surface area (Å²) in [7, 11) is 0. The molecule has 0 heterocycles. The van der Waals surface area contributed by atoms with E-state index in [0.717, 1.165) is 12.1 Å². The van der Waals surface area contributed by atoms with E-state index in [2.05, 4.69) is 4.99 Å². The van der Waals surface area contributed by atoms with Gasteiger partial charge >= 0.3 is 6.18 Å². The molecule has 0 radical (unpaired) electrons. The molecular weight excluding hydrogens is 266 g/mol.